The highest BCUT2D eigenvalue weighted by Crippen LogP contribution is 2.28. The van der Waals surface area contributed by atoms with Crippen LogP contribution in [0, 0.1) is 18.6 Å². The summed E-state index contributed by atoms with van der Waals surface area (Å²) in [5.41, 5.74) is 4.90. The molecule has 1 atom stereocenters. The number of hydrogen-bond acceptors (Lipinski definition) is 3. The lowest BCUT2D eigenvalue weighted by Gasteiger charge is -2.20. The van der Waals surface area contributed by atoms with Gasteiger partial charge in [0.15, 0.2) is 11.6 Å². The normalized spacial score (nSPS) is 12.2. The van der Waals surface area contributed by atoms with E-state index in [-0.39, 0.29) is 11.6 Å². The molecule has 2 aromatic rings. The molecule has 0 saturated carbocycles. The number of hydrogen-bond donors (Lipinski definition) is 2. The first-order chi connectivity index (χ1) is 9.56. The quantitative estimate of drug-likeness (QED) is 0.668. The highest BCUT2D eigenvalue weighted by atomic mass is 19.1. The number of methoxy groups -OCH3 is 1. The molecular weight excluding hydrogens is 262 g/mol. The smallest absolute Gasteiger partial charge is 0.165 e. The number of halogens is 2. The SMILES string of the molecule is COc1cc(C(NN)c2cc(F)ccc2C)ccc1F. The largest absolute Gasteiger partial charge is 0.494 e. The fourth-order valence-corrected chi connectivity index (χ4v) is 2.14. The van der Waals surface area contributed by atoms with Crippen LogP contribution in [0.25, 0.3) is 0 Å². The maximum atomic E-state index is 13.4. The van der Waals surface area contributed by atoms with Crippen molar-refractivity contribution in [2.24, 2.45) is 5.84 Å². The van der Waals surface area contributed by atoms with E-state index >= 15 is 0 Å². The van der Waals surface area contributed by atoms with Crippen LogP contribution in [0.3, 0.4) is 0 Å². The topological polar surface area (TPSA) is 47.3 Å². The number of benzene rings is 2. The molecule has 2 rings (SSSR count). The lowest BCUT2D eigenvalue weighted by atomic mass is 9.95. The summed E-state index contributed by atoms with van der Waals surface area (Å²) in [4.78, 5) is 0. The summed E-state index contributed by atoms with van der Waals surface area (Å²) in [5.74, 6) is 4.90. The summed E-state index contributed by atoms with van der Waals surface area (Å²) in [6, 6.07) is 8.47. The fraction of sp³-hybridized carbons (Fsp3) is 0.200. The Bertz CT molecular complexity index is 617. The Labute approximate surface area is 116 Å². The zero-order chi connectivity index (χ0) is 14.7. The average Bonchev–Trinajstić information content (AvgIpc) is 2.45. The molecule has 0 aliphatic carbocycles. The Balaban J connectivity index is 2.49. The molecule has 3 N–H and O–H groups in total. The Morgan fingerprint density at radius 3 is 2.55 bits per heavy atom. The third kappa shape index (κ3) is 2.79. The highest BCUT2D eigenvalue weighted by Gasteiger charge is 2.17. The van der Waals surface area contributed by atoms with Crippen LogP contribution in [0.4, 0.5) is 8.78 Å². The van der Waals surface area contributed by atoms with Gasteiger partial charge in [-0.25, -0.2) is 14.2 Å². The molecule has 1 unspecified atom stereocenters. The first-order valence-electron chi connectivity index (χ1n) is 6.12. The first kappa shape index (κ1) is 14.4. The van der Waals surface area contributed by atoms with Crippen LogP contribution in [0.1, 0.15) is 22.7 Å². The van der Waals surface area contributed by atoms with Gasteiger partial charge in [-0.2, -0.15) is 0 Å². The molecule has 0 radical (unpaired) electrons. The summed E-state index contributed by atoms with van der Waals surface area (Å²) >= 11 is 0. The molecule has 0 aromatic heterocycles. The molecule has 0 spiro atoms. The second-order valence-corrected chi connectivity index (χ2v) is 4.49. The van der Waals surface area contributed by atoms with Crippen molar-refractivity contribution in [3.8, 4) is 5.75 Å². The molecule has 106 valence electrons. The van der Waals surface area contributed by atoms with E-state index < -0.39 is 11.9 Å². The zero-order valence-corrected chi connectivity index (χ0v) is 11.3. The van der Waals surface area contributed by atoms with Crippen LogP contribution in [0.15, 0.2) is 36.4 Å². The second-order valence-electron chi connectivity index (χ2n) is 4.49. The Morgan fingerprint density at radius 1 is 1.15 bits per heavy atom. The van der Waals surface area contributed by atoms with E-state index in [0.717, 1.165) is 5.56 Å². The monoisotopic (exact) mass is 278 g/mol. The zero-order valence-electron chi connectivity index (χ0n) is 11.3. The Kier molecular flexibility index (Phi) is 4.32. The minimum absolute atomic E-state index is 0.122. The third-order valence-corrected chi connectivity index (χ3v) is 3.23. The summed E-state index contributed by atoms with van der Waals surface area (Å²) in [5, 5.41) is 0. The van der Waals surface area contributed by atoms with E-state index in [9.17, 15) is 8.78 Å². The molecule has 3 nitrogen and oxygen atoms in total. The van der Waals surface area contributed by atoms with Gasteiger partial charge in [-0.05, 0) is 47.9 Å². The number of nitrogens with two attached hydrogens (primary N) is 1. The number of rotatable bonds is 4. The standard InChI is InChI=1S/C15H16F2N2O/c1-9-3-5-11(16)8-12(9)15(19-18)10-4-6-13(17)14(7-10)20-2/h3-8,15,19H,18H2,1-2H3. The highest BCUT2D eigenvalue weighted by molar-refractivity contribution is 5.40. The lowest BCUT2D eigenvalue weighted by molar-refractivity contribution is 0.385. The van der Waals surface area contributed by atoms with Crippen molar-refractivity contribution >= 4 is 0 Å². The van der Waals surface area contributed by atoms with Gasteiger partial charge in [0.1, 0.15) is 5.82 Å². The first-order valence-corrected chi connectivity index (χ1v) is 6.12. The van der Waals surface area contributed by atoms with Gasteiger partial charge in [0, 0.05) is 0 Å². The van der Waals surface area contributed by atoms with Gasteiger partial charge >= 0.3 is 0 Å². The molecular formula is C15H16F2N2O. The van der Waals surface area contributed by atoms with E-state index in [1.54, 1.807) is 18.2 Å². The maximum Gasteiger partial charge on any atom is 0.165 e. The molecule has 20 heavy (non-hydrogen) atoms. The maximum absolute atomic E-state index is 13.4. The summed E-state index contributed by atoms with van der Waals surface area (Å²) in [6.07, 6.45) is 0. The van der Waals surface area contributed by atoms with Crippen LogP contribution in [0.2, 0.25) is 0 Å². The van der Waals surface area contributed by atoms with Gasteiger partial charge in [0.05, 0.1) is 13.2 Å². The lowest BCUT2D eigenvalue weighted by Crippen LogP contribution is -2.29. The summed E-state index contributed by atoms with van der Waals surface area (Å²) < 4.78 is 31.8. The van der Waals surface area contributed by atoms with E-state index in [2.05, 4.69) is 5.43 Å². The Morgan fingerprint density at radius 2 is 1.90 bits per heavy atom. The number of aryl methyl sites for hydroxylation is 1. The van der Waals surface area contributed by atoms with Crippen LogP contribution < -0.4 is 16.0 Å². The van der Waals surface area contributed by atoms with Crippen LogP contribution in [-0.4, -0.2) is 7.11 Å². The minimum atomic E-state index is -0.456. The van der Waals surface area contributed by atoms with Gasteiger partial charge in [0.25, 0.3) is 0 Å². The molecule has 0 bridgehead atoms. The van der Waals surface area contributed by atoms with Crippen LogP contribution >= 0.6 is 0 Å². The second kappa shape index (κ2) is 5.98. The molecule has 0 saturated heterocycles. The van der Waals surface area contributed by atoms with Crippen molar-refractivity contribution in [3.63, 3.8) is 0 Å². The predicted octanol–water partition coefficient (Wildman–Crippen LogP) is 2.83. The minimum Gasteiger partial charge on any atom is -0.494 e. The fourth-order valence-electron chi connectivity index (χ4n) is 2.14. The van der Waals surface area contributed by atoms with Crippen molar-refractivity contribution in [1.29, 1.82) is 0 Å². The molecule has 0 amide bonds. The molecule has 0 heterocycles. The molecule has 5 heteroatoms. The summed E-state index contributed by atoms with van der Waals surface area (Å²) in [6.45, 7) is 1.86. The molecule has 0 fully saturated rings. The molecule has 2 aromatic carbocycles. The summed E-state index contributed by atoms with van der Waals surface area (Å²) in [7, 11) is 1.39. The van der Waals surface area contributed by atoms with E-state index in [4.69, 9.17) is 10.6 Å². The van der Waals surface area contributed by atoms with Gasteiger partial charge in [-0.15, -0.1) is 0 Å². The predicted molar refractivity (Wildman–Crippen MR) is 73.3 cm³/mol. The van der Waals surface area contributed by atoms with Gasteiger partial charge < -0.3 is 4.74 Å². The van der Waals surface area contributed by atoms with Gasteiger partial charge in [-0.3, -0.25) is 5.84 Å². The van der Waals surface area contributed by atoms with E-state index in [1.165, 1.54) is 25.3 Å². The Hall–Kier alpha value is -1.98. The number of nitrogens with one attached hydrogen (secondary N) is 1. The van der Waals surface area contributed by atoms with Crippen LogP contribution in [-0.2, 0) is 0 Å². The van der Waals surface area contributed by atoms with Crippen molar-refractivity contribution < 1.29 is 13.5 Å². The number of hydrazine groups is 1. The van der Waals surface area contributed by atoms with Crippen molar-refractivity contribution in [2.75, 3.05) is 7.11 Å². The van der Waals surface area contributed by atoms with Crippen molar-refractivity contribution in [3.05, 3.63) is 64.7 Å². The van der Waals surface area contributed by atoms with Crippen molar-refractivity contribution in [1.82, 2.24) is 5.43 Å². The molecule has 0 aliphatic rings. The van der Waals surface area contributed by atoms with Crippen molar-refractivity contribution in [2.45, 2.75) is 13.0 Å². The van der Waals surface area contributed by atoms with E-state index in [0.29, 0.717) is 11.1 Å². The average molecular weight is 278 g/mol. The third-order valence-electron chi connectivity index (χ3n) is 3.23. The molecule has 0 aliphatic heterocycles. The van der Waals surface area contributed by atoms with E-state index in [1.807, 2.05) is 6.92 Å². The van der Waals surface area contributed by atoms with Gasteiger partial charge in [-0.1, -0.05) is 12.1 Å². The van der Waals surface area contributed by atoms with Gasteiger partial charge in [0.2, 0.25) is 0 Å². The number of ether oxygens (including phenoxy) is 1. The van der Waals surface area contributed by atoms with Crippen LogP contribution in [0.5, 0.6) is 5.75 Å².